The Kier molecular flexibility index (Phi) is 6.06. The van der Waals surface area contributed by atoms with Crippen LogP contribution in [0.5, 0.6) is 11.5 Å². The molecule has 0 aliphatic rings. The Morgan fingerprint density at radius 1 is 1.24 bits per heavy atom. The van der Waals surface area contributed by atoms with Gasteiger partial charge in [-0.1, -0.05) is 29.3 Å². The monoisotopic (exact) mass is 384 g/mol. The number of rotatable bonds is 6. The Bertz CT molecular complexity index is 813. The molecule has 9 heteroatoms. The summed E-state index contributed by atoms with van der Waals surface area (Å²) in [6.07, 6.45) is -0.893. The van der Waals surface area contributed by atoms with Crippen molar-refractivity contribution in [1.82, 2.24) is 0 Å². The number of nitrogens with one attached hydrogen (secondary N) is 1. The average Bonchev–Trinajstić information content (AvgIpc) is 2.58. The molecule has 0 radical (unpaired) electrons. The summed E-state index contributed by atoms with van der Waals surface area (Å²) in [5.41, 5.74) is 0.135. The number of carbonyl (C=O) groups is 1. The van der Waals surface area contributed by atoms with Crippen LogP contribution in [0, 0.1) is 10.1 Å². The molecule has 2 rings (SSSR count). The number of hydrogen-bond acceptors (Lipinski definition) is 5. The molecular weight excluding hydrogens is 371 g/mol. The number of anilines is 1. The fourth-order valence-electron chi connectivity index (χ4n) is 1.95. The van der Waals surface area contributed by atoms with Gasteiger partial charge in [-0.3, -0.25) is 14.9 Å². The van der Waals surface area contributed by atoms with E-state index >= 15 is 0 Å². The number of nitrogens with zero attached hydrogens (tertiary/aromatic N) is 1. The van der Waals surface area contributed by atoms with E-state index in [-0.39, 0.29) is 27.9 Å². The van der Waals surface area contributed by atoms with Crippen LogP contribution in [-0.4, -0.2) is 24.0 Å². The zero-order valence-electron chi connectivity index (χ0n) is 13.3. The van der Waals surface area contributed by atoms with Gasteiger partial charge in [-0.25, -0.2) is 0 Å². The third-order valence-electron chi connectivity index (χ3n) is 3.24. The topological polar surface area (TPSA) is 90.7 Å². The molecule has 1 N–H and O–H groups in total. The summed E-state index contributed by atoms with van der Waals surface area (Å²) in [6, 6.07) is 8.70. The first kappa shape index (κ1) is 18.8. The lowest BCUT2D eigenvalue weighted by molar-refractivity contribution is -0.384. The number of nitro benzene ring substituents is 1. The van der Waals surface area contributed by atoms with Crippen LogP contribution >= 0.6 is 23.2 Å². The SMILES string of the molecule is COc1cc([N+](=O)[O-])ccc1NC(=O)[C@H](C)Oc1cccc(Cl)c1Cl. The van der Waals surface area contributed by atoms with Crippen LogP contribution in [0.1, 0.15) is 6.92 Å². The number of non-ortho nitro benzene ring substituents is 1. The number of halogens is 2. The second-order valence-corrected chi connectivity index (χ2v) is 5.73. The highest BCUT2D eigenvalue weighted by atomic mass is 35.5. The molecule has 0 aliphatic carbocycles. The molecule has 0 aromatic heterocycles. The minimum absolute atomic E-state index is 0.148. The first-order valence-corrected chi connectivity index (χ1v) is 7.83. The number of nitro groups is 1. The lowest BCUT2D eigenvalue weighted by Crippen LogP contribution is -2.30. The molecule has 0 saturated heterocycles. The number of amides is 1. The van der Waals surface area contributed by atoms with Crippen molar-refractivity contribution >= 4 is 40.5 Å². The molecule has 0 bridgehead atoms. The maximum Gasteiger partial charge on any atom is 0.273 e. The second kappa shape index (κ2) is 8.04. The predicted molar refractivity (Wildman–Crippen MR) is 94.8 cm³/mol. The average molecular weight is 385 g/mol. The zero-order chi connectivity index (χ0) is 18.6. The van der Waals surface area contributed by atoms with Gasteiger partial charge in [-0.05, 0) is 25.1 Å². The van der Waals surface area contributed by atoms with Crippen LogP contribution in [0.4, 0.5) is 11.4 Å². The van der Waals surface area contributed by atoms with Crippen LogP contribution in [-0.2, 0) is 4.79 Å². The van der Waals surface area contributed by atoms with E-state index in [0.29, 0.717) is 5.02 Å². The third-order valence-corrected chi connectivity index (χ3v) is 4.04. The van der Waals surface area contributed by atoms with Crippen molar-refractivity contribution in [2.45, 2.75) is 13.0 Å². The minimum atomic E-state index is -0.893. The Morgan fingerprint density at radius 2 is 1.96 bits per heavy atom. The molecule has 25 heavy (non-hydrogen) atoms. The fraction of sp³-hybridized carbons (Fsp3) is 0.188. The van der Waals surface area contributed by atoms with Gasteiger partial charge in [0.05, 0.1) is 28.8 Å². The van der Waals surface area contributed by atoms with E-state index in [1.807, 2.05) is 0 Å². The minimum Gasteiger partial charge on any atom is -0.494 e. The fourth-order valence-corrected chi connectivity index (χ4v) is 2.29. The molecule has 0 spiro atoms. The Hall–Kier alpha value is -2.51. The molecule has 132 valence electrons. The standard InChI is InChI=1S/C16H14Cl2N2O5/c1-9(25-13-5-3-4-11(17)15(13)18)16(21)19-12-7-6-10(20(22)23)8-14(12)24-2/h3-9H,1-2H3,(H,19,21)/t9-/m0/s1. The van der Waals surface area contributed by atoms with Gasteiger partial charge in [-0.15, -0.1) is 0 Å². The highest BCUT2D eigenvalue weighted by molar-refractivity contribution is 6.42. The first-order chi connectivity index (χ1) is 11.8. The summed E-state index contributed by atoms with van der Waals surface area (Å²) in [6.45, 7) is 1.53. The molecule has 0 aliphatic heterocycles. The van der Waals surface area contributed by atoms with E-state index in [0.717, 1.165) is 0 Å². The van der Waals surface area contributed by atoms with Crippen LogP contribution in [0.15, 0.2) is 36.4 Å². The molecule has 0 unspecified atom stereocenters. The second-order valence-electron chi connectivity index (χ2n) is 4.94. The number of ether oxygens (including phenoxy) is 2. The molecule has 7 nitrogen and oxygen atoms in total. The molecular formula is C16H14Cl2N2O5. The van der Waals surface area contributed by atoms with E-state index < -0.39 is 16.9 Å². The summed E-state index contributed by atoms with van der Waals surface area (Å²) >= 11 is 11.9. The van der Waals surface area contributed by atoms with Crippen molar-refractivity contribution in [2.24, 2.45) is 0 Å². The summed E-state index contributed by atoms with van der Waals surface area (Å²) in [5, 5.41) is 13.9. The maximum absolute atomic E-state index is 12.3. The number of methoxy groups -OCH3 is 1. The molecule has 1 atom stereocenters. The summed E-state index contributed by atoms with van der Waals surface area (Å²) < 4.78 is 10.6. The Balaban J connectivity index is 2.13. The number of carbonyl (C=O) groups excluding carboxylic acids is 1. The van der Waals surface area contributed by atoms with Gasteiger partial charge in [0.15, 0.2) is 6.10 Å². The molecule has 2 aromatic carbocycles. The highest BCUT2D eigenvalue weighted by Crippen LogP contribution is 2.33. The van der Waals surface area contributed by atoms with Gasteiger partial charge in [0, 0.05) is 6.07 Å². The zero-order valence-corrected chi connectivity index (χ0v) is 14.8. The van der Waals surface area contributed by atoms with Crippen molar-refractivity contribution in [2.75, 3.05) is 12.4 Å². The quantitative estimate of drug-likeness (QED) is 0.591. The Labute approximate surface area is 153 Å². The predicted octanol–water partition coefficient (Wildman–Crippen LogP) is 4.32. The van der Waals surface area contributed by atoms with Crippen molar-refractivity contribution in [3.05, 3.63) is 56.6 Å². The van der Waals surface area contributed by atoms with Crippen LogP contribution in [0.3, 0.4) is 0 Å². The van der Waals surface area contributed by atoms with Gasteiger partial charge >= 0.3 is 0 Å². The van der Waals surface area contributed by atoms with E-state index in [4.69, 9.17) is 32.7 Å². The van der Waals surface area contributed by atoms with Crippen LogP contribution in [0.2, 0.25) is 10.0 Å². The van der Waals surface area contributed by atoms with E-state index in [1.165, 1.54) is 32.2 Å². The number of hydrogen-bond donors (Lipinski definition) is 1. The van der Waals surface area contributed by atoms with Gasteiger partial charge < -0.3 is 14.8 Å². The van der Waals surface area contributed by atoms with Crippen molar-refractivity contribution in [3.8, 4) is 11.5 Å². The van der Waals surface area contributed by atoms with Crippen LogP contribution in [0.25, 0.3) is 0 Å². The van der Waals surface area contributed by atoms with Gasteiger partial charge in [0.2, 0.25) is 0 Å². The summed E-state index contributed by atoms with van der Waals surface area (Å²) in [4.78, 5) is 22.5. The molecule has 0 saturated carbocycles. The lowest BCUT2D eigenvalue weighted by atomic mass is 10.2. The highest BCUT2D eigenvalue weighted by Gasteiger charge is 2.20. The van der Waals surface area contributed by atoms with Crippen LogP contribution < -0.4 is 14.8 Å². The van der Waals surface area contributed by atoms with Crippen molar-refractivity contribution < 1.29 is 19.2 Å². The molecule has 1 amide bonds. The van der Waals surface area contributed by atoms with Crippen molar-refractivity contribution in [3.63, 3.8) is 0 Å². The summed E-state index contributed by atoms with van der Waals surface area (Å²) in [5.74, 6) is -0.0498. The Morgan fingerprint density at radius 3 is 2.60 bits per heavy atom. The first-order valence-electron chi connectivity index (χ1n) is 7.07. The number of benzene rings is 2. The van der Waals surface area contributed by atoms with E-state index in [2.05, 4.69) is 5.32 Å². The largest absolute Gasteiger partial charge is 0.494 e. The summed E-state index contributed by atoms with van der Waals surface area (Å²) in [7, 11) is 1.35. The molecule has 0 fully saturated rings. The molecule has 2 aromatic rings. The van der Waals surface area contributed by atoms with Crippen molar-refractivity contribution in [1.29, 1.82) is 0 Å². The maximum atomic E-state index is 12.3. The van der Waals surface area contributed by atoms with Gasteiger partial charge in [0.25, 0.3) is 11.6 Å². The lowest BCUT2D eigenvalue weighted by Gasteiger charge is -2.17. The molecule has 0 heterocycles. The normalized spacial score (nSPS) is 11.5. The van der Waals surface area contributed by atoms with E-state index in [1.54, 1.807) is 18.2 Å². The van der Waals surface area contributed by atoms with Gasteiger partial charge in [0.1, 0.15) is 16.5 Å². The smallest absolute Gasteiger partial charge is 0.273 e. The third kappa shape index (κ3) is 4.52. The van der Waals surface area contributed by atoms with Gasteiger partial charge in [-0.2, -0.15) is 0 Å². The van der Waals surface area contributed by atoms with E-state index in [9.17, 15) is 14.9 Å².